The van der Waals surface area contributed by atoms with Gasteiger partial charge in [0.25, 0.3) is 11.7 Å². The van der Waals surface area contributed by atoms with Crippen molar-refractivity contribution in [3.8, 4) is 11.5 Å². The Balaban J connectivity index is 1.38. The Hall–Kier alpha value is -3.36. The molecule has 3 aromatic rings. The average molecular weight is 396 g/mol. The van der Waals surface area contributed by atoms with Gasteiger partial charge in [0.2, 0.25) is 0 Å². The molecular weight excluding hydrogens is 372 g/mol. The lowest BCUT2D eigenvalue weighted by Gasteiger charge is -2.36. The van der Waals surface area contributed by atoms with E-state index in [0.29, 0.717) is 43.5 Å². The molecule has 0 N–H and O–H groups in total. The molecule has 152 valence electrons. The van der Waals surface area contributed by atoms with E-state index in [1.807, 2.05) is 40.5 Å². The van der Waals surface area contributed by atoms with Crippen molar-refractivity contribution >= 4 is 17.5 Å². The number of nitrogens with zero attached hydrogens (tertiary/aromatic N) is 6. The van der Waals surface area contributed by atoms with Crippen LogP contribution in [-0.2, 0) is 4.79 Å². The Labute approximate surface area is 168 Å². The number of carbonyl (C=O) groups excluding carboxylic acids is 1. The SMILES string of the molecule is COc1ccccc1OC(C)C(=O)N1CCN(c2cc(C)n3cnnc3n2)CC1. The first-order chi connectivity index (χ1) is 14.1. The quantitative estimate of drug-likeness (QED) is 0.647. The molecule has 1 aliphatic rings. The molecule has 3 heterocycles. The summed E-state index contributed by atoms with van der Waals surface area (Å²) in [4.78, 5) is 21.4. The molecule has 1 saturated heterocycles. The molecule has 1 amide bonds. The molecule has 1 unspecified atom stereocenters. The maximum absolute atomic E-state index is 12.8. The molecule has 0 aliphatic carbocycles. The summed E-state index contributed by atoms with van der Waals surface area (Å²) in [7, 11) is 1.58. The summed E-state index contributed by atoms with van der Waals surface area (Å²) < 4.78 is 13.0. The highest BCUT2D eigenvalue weighted by Gasteiger charge is 2.27. The number of aromatic nitrogens is 4. The van der Waals surface area contributed by atoms with Crippen molar-refractivity contribution in [1.29, 1.82) is 0 Å². The molecule has 4 rings (SSSR count). The molecule has 29 heavy (non-hydrogen) atoms. The topological polar surface area (TPSA) is 85.1 Å². The highest BCUT2D eigenvalue weighted by atomic mass is 16.5. The number of benzene rings is 1. The number of rotatable bonds is 5. The molecule has 1 atom stereocenters. The van der Waals surface area contributed by atoms with Crippen LogP contribution in [0.1, 0.15) is 12.6 Å². The first-order valence-corrected chi connectivity index (χ1v) is 9.57. The summed E-state index contributed by atoms with van der Waals surface area (Å²) in [5.41, 5.74) is 1.02. The molecule has 9 nitrogen and oxygen atoms in total. The molecule has 0 saturated carbocycles. The fourth-order valence-corrected chi connectivity index (χ4v) is 3.48. The van der Waals surface area contributed by atoms with Crippen molar-refractivity contribution < 1.29 is 14.3 Å². The molecule has 1 aliphatic heterocycles. The van der Waals surface area contributed by atoms with Crippen LogP contribution in [0, 0.1) is 6.92 Å². The second kappa shape index (κ2) is 7.94. The number of para-hydroxylation sites is 2. The lowest BCUT2D eigenvalue weighted by Crippen LogP contribution is -2.52. The summed E-state index contributed by atoms with van der Waals surface area (Å²) >= 11 is 0. The molecule has 1 aromatic carbocycles. The highest BCUT2D eigenvalue weighted by Crippen LogP contribution is 2.27. The van der Waals surface area contributed by atoms with Crippen LogP contribution in [0.3, 0.4) is 0 Å². The van der Waals surface area contributed by atoms with Gasteiger partial charge in [-0.1, -0.05) is 12.1 Å². The molecule has 9 heteroatoms. The molecule has 0 spiro atoms. The van der Waals surface area contributed by atoms with Gasteiger partial charge in [-0.05, 0) is 26.0 Å². The summed E-state index contributed by atoms with van der Waals surface area (Å²) in [6.07, 6.45) is 1.06. The van der Waals surface area contributed by atoms with Gasteiger partial charge in [-0.25, -0.2) is 0 Å². The first kappa shape index (κ1) is 19.0. The number of piperazine rings is 1. The summed E-state index contributed by atoms with van der Waals surface area (Å²) in [6, 6.07) is 9.35. The number of hydrogen-bond acceptors (Lipinski definition) is 7. The van der Waals surface area contributed by atoms with Gasteiger partial charge in [-0.3, -0.25) is 9.20 Å². The normalized spacial score (nSPS) is 15.4. The zero-order valence-corrected chi connectivity index (χ0v) is 16.8. The largest absolute Gasteiger partial charge is 0.493 e. The fraction of sp³-hybridized carbons (Fsp3) is 0.400. The maximum Gasteiger partial charge on any atom is 0.263 e. The van der Waals surface area contributed by atoms with E-state index in [9.17, 15) is 4.79 Å². The van der Waals surface area contributed by atoms with Crippen molar-refractivity contribution in [2.24, 2.45) is 0 Å². The predicted molar refractivity (Wildman–Crippen MR) is 107 cm³/mol. The monoisotopic (exact) mass is 396 g/mol. The Morgan fingerprint density at radius 2 is 1.86 bits per heavy atom. The van der Waals surface area contributed by atoms with Gasteiger partial charge in [0.1, 0.15) is 12.1 Å². The molecular formula is C20H24N6O3. The van der Waals surface area contributed by atoms with E-state index in [2.05, 4.69) is 20.1 Å². The number of methoxy groups -OCH3 is 1. The van der Waals surface area contributed by atoms with Crippen molar-refractivity contribution in [3.05, 3.63) is 42.4 Å². The number of ether oxygens (including phenoxy) is 2. The number of hydrogen-bond donors (Lipinski definition) is 0. The standard InChI is InChI=1S/C20H24N6O3/c1-14-12-18(22-20-23-21-13-26(14)20)24-8-10-25(11-9-24)19(27)15(2)29-17-7-5-4-6-16(17)28-3/h4-7,12-13,15H,8-11H2,1-3H3. The van der Waals surface area contributed by atoms with Crippen LogP contribution < -0.4 is 14.4 Å². The van der Waals surface area contributed by atoms with Crippen LogP contribution >= 0.6 is 0 Å². The maximum atomic E-state index is 12.8. The molecule has 1 fully saturated rings. The van der Waals surface area contributed by atoms with Crippen LogP contribution in [0.5, 0.6) is 11.5 Å². The summed E-state index contributed by atoms with van der Waals surface area (Å²) in [5.74, 6) is 2.58. The summed E-state index contributed by atoms with van der Waals surface area (Å²) in [5, 5.41) is 7.95. The first-order valence-electron chi connectivity index (χ1n) is 9.57. The number of aryl methyl sites for hydroxylation is 1. The van der Waals surface area contributed by atoms with Crippen LogP contribution in [0.2, 0.25) is 0 Å². The third-order valence-electron chi connectivity index (χ3n) is 5.10. The predicted octanol–water partition coefficient (Wildman–Crippen LogP) is 1.56. The van der Waals surface area contributed by atoms with Crippen molar-refractivity contribution in [3.63, 3.8) is 0 Å². The van der Waals surface area contributed by atoms with E-state index in [4.69, 9.17) is 9.47 Å². The van der Waals surface area contributed by atoms with Gasteiger partial charge in [-0.15, -0.1) is 10.2 Å². The highest BCUT2D eigenvalue weighted by molar-refractivity contribution is 5.81. The van der Waals surface area contributed by atoms with Gasteiger partial charge in [0.15, 0.2) is 17.6 Å². The van der Waals surface area contributed by atoms with E-state index in [0.717, 1.165) is 11.5 Å². The van der Waals surface area contributed by atoms with E-state index in [1.54, 1.807) is 26.4 Å². The van der Waals surface area contributed by atoms with E-state index >= 15 is 0 Å². The number of amides is 1. The summed E-state index contributed by atoms with van der Waals surface area (Å²) in [6.45, 7) is 6.38. The third kappa shape index (κ3) is 3.80. The fourth-order valence-electron chi connectivity index (χ4n) is 3.48. The van der Waals surface area contributed by atoms with Crippen LogP contribution in [0.15, 0.2) is 36.7 Å². The van der Waals surface area contributed by atoms with Gasteiger partial charge in [0, 0.05) is 37.9 Å². The van der Waals surface area contributed by atoms with Gasteiger partial charge in [0.05, 0.1) is 7.11 Å². The number of anilines is 1. The minimum atomic E-state index is -0.592. The minimum absolute atomic E-state index is 0.0346. The molecule has 0 radical (unpaired) electrons. The van der Waals surface area contributed by atoms with E-state index in [-0.39, 0.29) is 5.91 Å². The molecule has 2 aromatic heterocycles. The van der Waals surface area contributed by atoms with Gasteiger partial charge < -0.3 is 19.3 Å². The van der Waals surface area contributed by atoms with Crippen LogP contribution in [0.4, 0.5) is 5.82 Å². The molecule has 0 bridgehead atoms. The van der Waals surface area contributed by atoms with Crippen molar-refractivity contribution in [2.45, 2.75) is 20.0 Å². The van der Waals surface area contributed by atoms with Crippen molar-refractivity contribution in [2.75, 3.05) is 38.2 Å². The lowest BCUT2D eigenvalue weighted by molar-refractivity contribution is -0.138. The van der Waals surface area contributed by atoms with E-state index < -0.39 is 6.10 Å². The second-order valence-electron chi connectivity index (χ2n) is 6.98. The minimum Gasteiger partial charge on any atom is -0.493 e. The Bertz CT molecular complexity index is 1010. The van der Waals surface area contributed by atoms with Gasteiger partial charge in [-0.2, -0.15) is 4.98 Å². The van der Waals surface area contributed by atoms with E-state index in [1.165, 1.54) is 0 Å². The Morgan fingerprint density at radius 3 is 2.59 bits per heavy atom. The zero-order chi connectivity index (χ0) is 20.4. The van der Waals surface area contributed by atoms with Crippen LogP contribution in [-0.4, -0.2) is 69.8 Å². The van der Waals surface area contributed by atoms with Crippen LogP contribution in [0.25, 0.3) is 5.78 Å². The number of carbonyl (C=O) groups is 1. The second-order valence-corrected chi connectivity index (χ2v) is 6.98. The average Bonchev–Trinajstić information content (AvgIpc) is 3.23. The van der Waals surface area contributed by atoms with Crippen molar-refractivity contribution in [1.82, 2.24) is 24.5 Å². The lowest BCUT2D eigenvalue weighted by atomic mass is 10.2. The zero-order valence-electron chi connectivity index (χ0n) is 16.8. The Kier molecular flexibility index (Phi) is 5.20. The van der Waals surface area contributed by atoms with Gasteiger partial charge >= 0.3 is 0 Å². The number of fused-ring (bicyclic) bond motifs is 1. The smallest absolute Gasteiger partial charge is 0.263 e. The Morgan fingerprint density at radius 1 is 1.14 bits per heavy atom. The third-order valence-corrected chi connectivity index (χ3v) is 5.10.